The van der Waals surface area contributed by atoms with Crippen molar-refractivity contribution in [3.8, 4) is 5.75 Å². The first kappa shape index (κ1) is 16.9. The van der Waals surface area contributed by atoms with E-state index in [0.717, 1.165) is 19.3 Å². The van der Waals surface area contributed by atoms with Gasteiger partial charge in [0.1, 0.15) is 5.75 Å². The van der Waals surface area contributed by atoms with Gasteiger partial charge in [-0.3, -0.25) is 4.79 Å². The van der Waals surface area contributed by atoms with E-state index in [2.05, 4.69) is 0 Å². The van der Waals surface area contributed by atoms with Crippen LogP contribution in [0.4, 0.5) is 5.69 Å². The largest absolute Gasteiger partial charge is 0.491 e. The summed E-state index contributed by atoms with van der Waals surface area (Å²) < 4.78 is 10.4. The van der Waals surface area contributed by atoms with Crippen molar-refractivity contribution in [1.82, 2.24) is 0 Å². The van der Waals surface area contributed by atoms with Gasteiger partial charge in [-0.1, -0.05) is 23.2 Å². The molecular formula is C14H19Cl2NO3. The average molecular weight is 320 g/mol. The maximum atomic E-state index is 11.1. The number of unbranched alkanes of at least 4 members (excludes halogenated alkanes) is 2. The molecule has 0 fully saturated rings. The van der Waals surface area contributed by atoms with E-state index in [1.54, 1.807) is 19.1 Å². The summed E-state index contributed by atoms with van der Waals surface area (Å²) in [5.74, 6) is 0.381. The Balaban J connectivity index is 2.22. The number of rotatable bonds is 8. The number of anilines is 1. The highest BCUT2D eigenvalue weighted by Gasteiger charge is 2.06. The number of nitrogens with two attached hydrogens (primary N) is 1. The topological polar surface area (TPSA) is 61.5 Å². The molecule has 0 heterocycles. The standard InChI is InChI=1S/C14H19Cl2NO3/c1-2-19-14(18)6-4-3-5-7-20-13-9-11(16)10(15)8-12(13)17/h8-9H,2-7,17H2,1H3. The van der Waals surface area contributed by atoms with Crippen molar-refractivity contribution in [3.63, 3.8) is 0 Å². The molecule has 1 rings (SSSR count). The number of halogens is 2. The molecule has 0 spiro atoms. The van der Waals surface area contributed by atoms with Crippen molar-refractivity contribution in [3.05, 3.63) is 22.2 Å². The van der Waals surface area contributed by atoms with E-state index in [9.17, 15) is 4.79 Å². The quantitative estimate of drug-likeness (QED) is 0.445. The normalized spacial score (nSPS) is 10.3. The molecular weight excluding hydrogens is 301 g/mol. The highest BCUT2D eigenvalue weighted by Crippen LogP contribution is 2.32. The third-order valence-corrected chi connectivity index (χ3v) is 3.36. The summed E-state index contributed by atoms with van der Waals surface area (Å²) in [6.07, 6.45) is 2.96. The first-order valence-electron chi connectivity index (χ1n) is 6.57. The van der Waals surface area contributed by atoms with Crippen LogP contribution in [0.2, 0.25) is 10.0 Å². The second-order valence-electron chi connectivity index (χ2n) is 4.27. The van der Waals surface area contributed by atoms with Gasteiger partial charge in [0, 0.05) is 12.5 Å². The zero-order chi connectivity index (χ0) is 15.0. The fraction of sp³-hybridized carbons (Fsp3) is 0.500. The molecule has 0 aliphatic heterocycles. The van der Waals surface area contributed by atoms with Gasteiger partial charge in [0.15, 0.2) is 0 Å². The Bertz CT molecular complexity index is 452. The van der Waals surface area contributed by atoms with Crippen molar-refractivity contribution >= 4 is 34.9 Å². The third kappa shape index (κ3) is 5.88. The Labute approximate surface area is 129 Å². The molecule has 2 N–H and O–H groups in total. The van der Waals surface area contributed by atoms with E-state index in [1.165, 1.54) is 0 Å². The molecule has 0 saturated heterocycles. The minimum Gasteiger partial charge on any atom is -0.491 e. The molecule has 6 heteroatoms. The number of hydrogen-bond donors (Lipinski definition) is 1. The van der Waals surface area contributed by atoms with Crippen LogP contribution in [0, 0.1) is 0 Å². The van der Waals surface area contributed by atoms with Crippen molar-refractivity contribution in [1.29, 1.82) is 0 Å². The fourth-order valence-electron chi connectivity index (χ4n) is 1.63. The van der Waals surface area contributed by atoms with Gasteiger partial charge in [0.25, 0.3) is 0 Å². The number of esters is 1. The lowest BCUT2D eigenvalue weighted by atomic mass is 10.2. The van der Waals surface area contributed by atoms with E-state index < -0.39 is 0 Å². The smallest absolute Gasteiger partial charge is 0.305 e. The third-order valence-electron chi connectivity index (χ3n) is 2.64. The zero-order valence-electron chi connectivity index (χ0n) is 11.5. The molecule has 0 saturated carbocycles. The second-order valence-corrected chi connectivity index (χ2v) is 5.08. The van der Waals surface area contributed by atoms with Crippen molar-refractivity contribution in [2.24, 2.45) is 0 Å². The first-order valence-corrected chi connectivity index (χ1v) is 7.33. The molecule has 0 bridgehead atoms. The van der Waals surface area contributed by atoms with E-state index in [-0.39, 0.29) is 5.97 Å². The van der Waals surface area contributed by atoms with Gasteiger partial charge in [-0.15, -0.1) is 0 Å². The number of carbonyl (C=O) groups excluding carboxylic acids is 1. The number of nitrogen functional groups attached to an aromatic ring is 1. The Morgan fingerprint density at radius 1 is 1.20 bits per heavy atom. The van der Waals surface area contributed by atoms with Gasteiger partial charge >= 0.3 is 5.97 Å². The Morgan fingerprint density at radius 3 is 2.60 bits per heavy atom. The predicted octanol–water partition coefficient (Wildman–Crippen LogP) is 4.08. The van der Waals surface area contributed by atoms with Crippen LogP contribution in [0.15, 0.2) is 12.1 Å². The predicted molar refractivity (Wildman–Crippen MR) is 81.5 cm³/mol. The molecule has 20 heavy (non-hydrogen) atoms. The van der Waals surface area contributed by atoms with E-state index >= 15 is 0 Å². The van der Waals surface area contributed by atoms with Crippen LogP contribution in [0.25, 0.3) is 0 Å². The number of ether oxygens (including phenoxy) is 2. The molecule has 0 aliphatic carbocycles. The van der Waals surface area contributed by atoms with Gasteiger partial charge in [-0.05, 0) is 32.3 Å². The zero-order valence-corrected chi connectivity index (χ0v) is 13.0. The summed E-state index contributed by atoms with van der Waals surface area (Å²) in [6, 6.07) is 3.18. The maximum Gasteiger partial charge on any atom is 0.305 e. The molecule has 1 aromatic rings. The van der Waals surface area contributed by atoms with Crippen LogP contribution in [0.1, 0.15) is 32.6 Å². The molecule has 0 atom stereocenters. The molecule has 112 valence electrons. The Hall–Kier alpha value is -1.13. The fourth-order valence-corrected chi connectivity index (χ4v) is 1.96. The van der Waals surface area contributed by atoms with Gasteiger partial charge in [-0.25, -0.2) is 0 Å². The minimum absolute atomic E-state index is 0.151. The Morgan fingerprint density at radius 2 is 1.90 bits per heavy atom. The first-order chi connectivity index (χ1) is 9.54. The molecule has 0 amide bonds. The van der Waals surface area contributed by atoms with Crippen molar-refractivity contribution in [2.75, 3.05) is 18.9 Å². The van der Waals surface area contributed by atoms with E-state index in [1.807, 2.05) is 0 Å². The maximum absolute atomic E-state index is 11.1. The molecule has 0 unspecified atom stereocenters. The minimum atomic E-state index is -0.151. The van der Waals surface area contributed by atoms with E-state index in [4.69, 9.17) is 38.4 Å². The van der Waals surface area contributed by atoms with Crippen LogP contribution < -0.4 is 10.5 Å². The van der Waals surface area contributed by atoms with Gasteiger partial charge in [0.2, 0.25) is 0 Å². The lowest BCUT2D eigenvalue weighted by Crippen LogP contribution is -2.04. The monoisotopic (exact) mass is 319 g/mol. The number of hydrogen-bond acceptors (Lipinski definition) is 4. The van der Waals surface area contributed by atoms with Crippen LogP contribution in [0.5, 0.6) is 5.75 Å². The van der Waals surface area contributed by atoms with Crippen LogP contribution in [0.3, 0.4) is 0 Å². The van der Waals surface area contributed by atoms with Crippen molar-refractivity contribution in [2.45, 2.75) is 32.6 Å². The summed E-state index contributed by atoms with van der Waals surface area (Å²) >= 11 is 11.7. The summed E-state index contributed by atoms with van der Waals surface area (Å²) in [6.45, 7) is 2.75. The molecule has 4 nitrogen and oxygen atoms in total. The highest BCUT2D eigenvalue weighted by molar-refractivity contribution is 6.42. The van der Waals surface area contributed by atoms with E-state index in [0.29, 0.717) is 41.1 Å². The Kier molecular flexibility index (Phi) is 7.55. The average Bonchev–Trinajstić information content (AvgIpc) is 2.39. The van der Waals surface area contributed by atoms with Crippen LogP contribution in [-0.2, 0) is 9.53 Å². The summed E-state index contributed by atoms with van der Waals surface area (Å²) in [5.41, 5.74) is 6.24. The van der Waals surface area contributed by atoms with Gasteiger partial charge < -0.3 is 15.2 Å². The molecule has 1 aromatic carbocycles. The van der Waals surface area contributed by atoms with Gasteiger partial charge in [0.05, 0.1) is 28.9 Å². The van der Waals surface area contributed by atoms with Gasteiger partial charge in [-0.2, -0.15) is 0 Å². The number of benzene rings is 1. The molecule has 0 aliphatic rings. The second kappa shape index (κ2) is 8.93. The SMILES string of the molecule is CCOC(=O)CCCCCOc1cc(Cl)c(Cl)cc1N. The number of carbonyl (C=O) groups is 1. The summed E-state index contributed by atoms with van der Waals surface area (Å²) in [4.78, 5) is 11.1. The molecule has 0 aromatic heterocycles. The summed E-state index contributed by atoms with van der Waals surface area (Å²) in [5, 5.41) is 0.823. The molecule has 0 radical (unpaired) electrons. The lowest BCUT2D eigenvalue weighted by Gasteiger charge is -2.10. The van der Waals surface area contributed by atoms with Crippen LogP contribution >= 0.6 is 23.2 Å². The van der Waals surface area contributed by atoms with Crippen LogP contribution in [-0.4, -0.2) is 19.2 Å². The van der Waals surface area contributed by atoms with Crippen molar-refractivity contribution < 1.29 is 14.3 Å². The highest BCUT2D eigenvalue weighted by atomic mass is 35.5. The lowest BCUT2D eigenvalue weighted by molar-refractivity contribution is -0.143. The summed E-state index contributed by atoms with van der Waals surface area (Å²) in [7, 11) is 0.